The van der Waals surface area contributed by atoms with Crippen LogP contribution >= 0.6 is 0 Å². The second kappa shape index (κ2) is 10.5. The maximum Gasteiger partial charge on any atom is 0.522 e. The van der Waals surface area contributed by atoms with Crippen molar-refractivity contribution in [1.82, 2.24) is 9.88 Å². The van der Waals surface area contributed by atoms with Gasteiger partial charge in [-0.15, -0.1) is 0 Å². The number of unbranched alkanes of at least 4 members (excludes halogenated alkanes) is 1. The standard InChI is InChI=1S/C19H28N2O.CHF3O3S/c1-3-5-11-21-12-9-15(10-13-21)16-14-20-17-7-6-8-18(19(16)17)22-4-2;2-1(3,4)8(5,6)7/h6-8,14-15,20H,3-5,9-13H2,1-2H3;(H,5,6,7). The summed E-state index contributed by atoms with van der Waals surface area (Å²) in [7, 11) is -5.84. The summed E-state index contributed by atoms with van der Waals surface area (Å²) in [4.78, 5) is 6.06. The van der Waals surface area contributed by atoms with E-state index in [0.717, 1.165) is 12.4 Å². The molecule has 0 amide bonds. The fourth-order valence-electron chi connectivity index (χ4n) is 3.62. The first-order valence-electron chi connectivity index (χ1n) is 10.1. The second-order valence-electron chi connectivity index (χ2n) is 7.25. The minimum absolute atomic E-state index is 0.660. The molecule has 2 heterocycles. The summed E-state index contributed by atoms with van der Waals surface area (Å²) in [6.45, 7) is 8.77. The summed E-state index contributed by atoms with van der Waals surface area (Å²) in [5, 5.41) is 1.30. The molecule has 0 spiro atoms. The highest BCUT2D eigenvalue weighted by Gasteiger charge is 2.44. The number of aromatic amines is 1. The van der Waals surface area contributed by atoms with Crippen LogP contribution in [0.15, 0.2) is 24.4 Å². The summed E-state index contributed by atoms with van der Waals surface area (Å²) in [6.07, 6.45) is 7.35. The number of ether oxygens (including phenoxy) is 1. The molecule has 170 valence electrons. The fraction of sp³-hybridized carbons (Fsp3) is 0.600. The molecule has 1 aromatic heterocycles. The van der Waals surface area contributed by atoms with E-state index in [2.05, 4.69) is 48.1 Å². The summed E-state index contributed by atoms with van der Waals surface area (Å²) in [6, 6.07) is 6.32. The first-order chi connectivity index (χ1) is 14.1. The second-order valence-corrected chi connectivity index (χ2v) is 8.66. The van der Waals surface area contributed by atoms with Crippen LogP contribution in [-0.2, 0) is 10.1 Å². The highest BCUT2D eigenvalue weighted by Crippen LogP contribution is 2.37. The van der Waals surface area contributed by atoms with Gasteiger partial charge in [0.25, 0.3) is 0 Å². The Morgan fingerprint density at radius 2 is 1.87 bits per heavy atom. The lowest BCUT2D eigenvalue weighted by atomic mass is 9.89. The van der Waals surface area contributed by atoms with Crippen LogP contribution in [-0.4, -0.2) is 54.6 Å². The molecular formula is C20H29F3N2O4S. The van der Waals surface area contributed by atoms with Crippen LogP contribution in [0.25, 0.3) is 10.9 Å². The first kappa shape index (κ1) is 24.5. The predicted octanol–water partition coefficient (Wildman–Crippen LogP) is 4.94. The van der Waals surface area contributed by atoms with Crippen molar-refractivity contribution in [2.75, 3.05) is 26.2 Å². The average Bonchev–Trinajstić information content (AvgIpc) is 3.11. The Kier molecular flexibility index (Phi) is 8.57. The summed E-state index contributed by atoms with van der Waals surface area (Å²) in [5.74, 6) is 1.69. The number of aromatic nitrogens is 1. The molecule has 2 aromatic rings. The number of rotatable bonds is 6. The Hall–Kier alpha value is -1.78. The van der Waals surface area contributed by atoms with Gasteiger partial charge >= 0.3 is 15.6 Å². The van der Waals surface area contributed by atoms with Crippen molar-refractivity contribution in [2.24, 2.45) is 0 Å². The van der Waals surface area contributed by atoms with E-state index in [-0.39, 0.29) is 0 Å². The number of benzene rings is 1. The van der Waals surface area contributed by atoms with Gasteiger partial charge in [-0.1, -0.05) is 19.4 Å². The number of halogens is 3. The number of alkyl halides is 3. The molecule has 2 N–H and O–H groups in total. The number of H-pyrrole nitrogens is 1. The zero-order valence-corrected chi connectivity index (χ0v) is 18.0. The highest BCUT2D eigenvalue weighted by molar-refractivity contribution is 7.86. The van der Waals surface area contributed by atoms with Crippen LogP contribution in [0.4, 0.5) is 13.2 Å². The Balaban J connectivity index is 0.000000343. The van der Waals surface area contributed by atoms with Crippen molar-refractivity contribution in [1.29, 1.82) is 0 Å². The van der Waals surface area contributed by atoms with Crippen LogP contribution in [0, 0.1) is 0 Å². The molecule has 10 heteroatoms. The Labute approximate surface area is 175 Å². The number of nitrogens with one attached hydrogen (secondary N) is 1. The third-order valence-corrected chi connectivity index (χ3v) is 5.73. The molecule has 0 saturated carbocycles. The molecule has 1 saturated heterocycles. The summed E-state index contributed by atoms with van der Waals surface area (Å²) < 4.78 is 63.4. The summed E-state index contributed by atoms with van der Waals surface area (Å²) in [5.41, 5.74) is -2.88. The van der Waals surface area contributed by atoms with Crippen molar-refractivity contribution in [3.8, 4) is 5.75 Å². The number of hydrogen-bond acceptors (Lipinski definition) is 4. The summed E-state index contributed by atoms with van der Waals surface area (Å²) >= 11 is 0. The monoisotopic (exact) mass is 450 g/mol. The predicted molar refractivity (Wildman–Crippen MR) is 110 cm³/mol. The van der Waals surface area contributed by atoms with Gasteiger partial charge in [0.15, 0.2) is 0 Å². The number of likely N-dealkylation sites (tertiary alicyclic amines) is 1. The van der Waals surface area contributed by atoms with Crippen molar-refractivity contribution in [2.45, 2.75) is 51.0 Å². The number of hydrogen-bond donors (Lipinski definition) is 2. The zero-order valence-electron chi connectivity index (χ0n) is 17.2. The average molecular weight is 451 g/mol. The maximum atomic E-state index is 10.7. The van der Waals surface area contributed by atoms with Crippen molar-refractivity contribution < 1.29 is 30.9 Å². The first-order valence-corrected chi connectivity index (χ1v) is 11.5. The molecule has 6 nitrogen and oxygen atoms in total. The third-order valence-electron chi connectivity index (χ3n) is 5.15. The quantitative estimate of drug-likeness (QED) is 0.481. The van der Waals surface area contributed by atoms with E-state index < -0.39 is 15.6 Å². The van der Waals surface area contributed by atoms with Crippen molar-refractivity contribution in [3.63, 3.8) is 0 Å². The lowest BCUT2D eigenvalue weighted by Gasteiger charge is -2.32. The molecule has 0 unspecified atom stereocenters. The van der Waals surface area contributed by atoms with Crippen LogP contribution in [0.3, 0.4) is 0 Å². The van der Waals surface area contributed by atoms with Crippen LogP contribution < -0.4 is 4.74 Å². The van der Waals surface area contributed by atoms with Gasteiger partial charge in [0.2, 0.25) is 0 Å². The van der Waals surface area contributed by atoms with Gasteiger partial charge in [0, 0.05) is 17.1 Å². The number of piperidine rings is 1. The van der Waals surface area contributed by atoms with Crippen LogP contribution in [0.2, 0.25) is 0 Å². The van der Waals surface area contributed by atoms with Crippen LogP contribution in [0.1, 0.15) is 51.0 Å². The molecule has 30 heavy (non-hydrogen) atoms. The molecule has 1 fully saturated rings. The fourth-order valence-corrected chi connectivity index (χ4v) is 3.62. The molecule has 0 bridgehead atoms. The number of fused-ring (bicyclic) bond motifs is 1. The van der Waals surface area contributed by atoms with E-state index in [1.54, 1.807) is 0 Å². The normalized spacial score (nSPS) is 16.3. The van der Waals surface area contributed by atoms with Gasteiger partial charge < -0.3 is 14.6 Å². The van der Waals surface area contributed by atoms with Crippen LogP contribution in [0.5, 0.6) is 5.75 Å². The van der Waals surface area contributed by atoms with Gasteiger partial charge in [-0.3, -0.25) is 4.55 Å². The Morgan fingerprint density at radius 3 is 2.40 bits per heavy atom. The third kappa shape index (κ3) is 6.36. The largest absolute Gasteiger partial charge is 0.522 e. The lowest BCUT2D eigenvalue weighted by molar-refractivity contribution is -0.0510. The molecule has 3 rings (SSSR count). The molecule has 1 aliphatic heterocycles. The molecular weight excluding hydrogens is 421 g/mol. The van der Waals surface area contributed by atoms with E-state index >= 15 is 0 Å². The lowest BCUT2D eigenvalue weighted by Crippen LogP contribution is -2.33. The van der Waals surface area contributed by atoms with E-state index in [1.807, 2.05) is 0 Å². The SMILES string of the molecule is CCCCN1CCC(c2c[nH]c3cccc(OCC)c23)CC1.O=S(=O)(O)C(F)(F)F. The smallest absolute Gasteiger partial charge is 0.493 e. The van der Waals surface area contributed by atoms with E-state index in [4.69, 9.17) is 17.7 Å². The molecule has 0 aliphatic carbocycles. The number of nitrogens with zero attached hydrogens (tertiary/aromatic N) is 1. The molecule has 0 atom stereocenters. The minimum Gasteiger partial charge on any atom is -0.493 e. The minimum atomic E-state index is -5.84. The maximum absolute atomic E-state index is 10.7. The highest BCUT2D eigenvalue weighted by atomic mass is 32.2. The van der Waals surface area contributed by atoms with Gasteiger partial charge in [0.1, 0.15) is 5.75 Å². The van der Waals surface area contributed by atoms with Gasteiger partial charge in [-0.25, -0.2) is 0 Å². The van der Waals surface area contributed by atoms with Crippen molar-refractivity contribution in [3.05, 3.63) is 30.0 Å². The Bertz CT molecular complexity index is 904. The van der Waals surface area contributed by atoms with E-state index in [1.165, 1.54) is 61.8 Å². The molecule has 1 aromatic carbocycles. The molecule has 1 aliphatic rings. The van der Waals surface area contributed by atoms with E-state index in [0.29, 0.717) is 5.92 Å². The van der Waals surface area contributed by atoms with Gasteiger partial charge in [-0.2, -0.15) is 21.6 Å². The Morgan fingerprint density at radius 1 is 1.23 bits per heavy atom. The van der Waals surface area contributed by atoms with Crippen molar-refractivity contribution >= 4 is 21.0 Å². The topological polar surface area (TPSA) is 82.6 Å². The zero-order chi connectivity index (χ0) is 22.4. The molecule has 0 radical (unpaired) electrons. The van der Waals surface area contributed by atoms with Gasteiger partial charge in [-0.05, 0) is 69.4 Å². The van der Waals surface area contributed by atoms with E-state index in [9.17, 15) is 13.2 Å². The van der Waals surface area contributed by atoms with Gasteiger partial charge in [0.05, 0.1) is 6.61 Å².